The molecular formula is C42H58N8O9. The summed E-state index contributed by atoms with van der Waals surface area (Å²) in [5, 5.41) is 29.4. The maximum absolute atomic E-state index is 14.1. The number of carbonyl (C=O) groups excluding carboxylic acids is 4. The van der Waals surface area contributed by atoms with Crippen LogP contribution in [0.2, 0.25) is 0 Å². The number of ketones is 1. The van der Waals surface area contributed by atoms with E-state index >= 15 is 0 Å². The summed E-state index contributed by atoms with van der Waals surface area (Å²) in [7, 11) is 0. The number of ether oxygens (including phenoxy) is 3. The maximum atomic E-state index is 14.1. The first-order valence-corrected chi connectivity index (χ1v) is 20.4. The normalized spacial score (nSPS) is 29.5. The van der Waals surface area contributed by atoms with Crippen LogP contribution in [0.5, 0.6) is 0 Å². The Hall–Kier alpha value is -4.81. The lowest BCUT2D eigenvalue weighted by molar-refractivity contribution is -0.157. The number of allylic oxidation sites excluding steroid dienone is 1. The minimum Gasteiger partial charge on any atom is -0.462 e. The predicted molar refractivity (Wildman–Crippen MR) is 216 cm³/mol. The lowest BCUT2D eigenvalue weighted by Gasteiger charge is -2.62. The highest BCUT2D eigenvalue weighted by molar-refractivity contribution is 6.18. The summed E-state index contributed by atoms with van der Waals surface area (Å²) in [5.74, 6) is -1.97. The van der Waals surface area contributed by atoms with Crippen LogP contribution in [0.1, 0.15) is 71.7 Å². The molecule has 3 fully saturated rings. The Balaban J connectivity index is 1.41. The molecule has 1 saturated heterocycles. The van der Waals surface area contributed by atoms with Gasteiger partial charge in [0.25, 0.3) is 0 Å². The van der Waals surface area contributed by atoms with Crippen LogP contribution in [-0.2, 0) is 39.8 Å². The number of aliphatic hydroxyl groups excluding tert-OH is 2. The van der Waals surface area contributed by atoms with Crippen molar-refractivity contribution < 1.29 is 43.6 Å². The molecule has 4 heterocycles. The summed E-state index contributed by atoms with van der Waals surface area (Å²) in [6.07, 6.45) is 8.35. The third-order valence-corrected chi connectivity index (χ3v) is 13.0. The third kappa shape index (κ3) is 9.04. The van der Waals surface area contributed by atoms with Gasteiger partial charge in [0, 0.05) is 60.9 Å². The van der Waals surface area contributed by atoms with Crippen molar-refractivity contribution in [2.45, 2.75) is 97.0 Å². The Morgan fingerprint density at radius 3 is 2.51 bits per heavy atom. The van der Waals surface area contributed by atoms with Gasteiger partial charge in [-0.15, -0.1) is 0 Å². The van der Waals surface area contributed by atoms with Crippen LogP contribution in [-0.4, -0.2) is 128 Å². The SMILES string of the molecule is C=C1C(NC(C)C(=O)N2CCOCC2)CC2[C@](C)(CC[C@@H](O)[C@@]2(C)CO)C1CC(NC(C)C(=O)Cc1ncc[nH]1)C1=C/C(=C(/C(=O)OCC)c2cnc(N)nc2)OC1=O. The Kier molecular flexibility index (Phi) is 13.5. The highest BCUT2D eigenvalue weighted by Gasteiger charge is 2.60. The van der Waals surface area contributed by atoms with Crippen LogP contribution in [0.15, 0.2) is 54.3 Å². The number of cyclic esters (lactones) is 1. The molecule has 17 nitrogen and oxygen atoms in total. The quantitative estimate of drug-likeness (QED) is 0.0850. The largest absolute Gasteiger partial charge is 0.462 e. The fourth-order valence-electron chi connectivity index (χ4n) is 9.60. The molecule has 0 bridgehead atoms. The Labute approximate surface area is 344 Å². The Bertz CT molecular complexity index is 1950. The van der Waals surface area contributed by atoms with Crippen LogP contribution in [0, 0.1) is 22.7 Å². The second kappa shape index (κ2) is 18.2. The molecule has 2 saturated carbocycles. The van der Waals surface area contributed by atoms with E-state index in [4.69, 9.17) is 19.9 Å². The van der Waals surface area contributed by atoms with E-state index in [0.717, 1.165) is 5.57 Å². The van der Waals surface area contributed by atoms with Crippen molar-refractivity contribution in [2.75, 3.05) is 45.3 Å². The zero-order valence-electron chi connectivity index (χ0n) is 34.5. The fraction of sp³-hybridized carbons (Fsp3) is 0.595. The number of nitrogens with two attached hydrogens (primary N) is 1. The molecular weight excluding hydrogens is 761 g/mol. The predicted octanol–water partition coefficient (Wildman–Crippen LogP) is 1.65. The van der Waals surface area contributed by atoms with Crippen LogP contribution in [0.3, 0.4) is 0 Å². The summed E-state index contributed by atoms with van der Waals surface area (Å²) in [6.45, 7) is 15.6. The van der Waals surface area contributed by atoms with E-state index in [1.165, 1.54) is 18.5 Å². The molecule has 4 aliphatic rings. The molecule has 9 atom stereocenters. The number of morpholine rings is 1. The number of nitrogens with one attached hydrogen (secondary N) is 3. The van der Waals surface area contributed by atoms with Crippen molar-refractivity contribution in [3.05, 3.63) is 65.7 Å². The molecule has 2 aromatic heterocycles. The molecule has 7 N–H and O–H groups in total. The molecule has 59 heavy (non-hydrogen) atoms. The number of aromatic nitrogens is 4. The van der Waals surface area contributed by atoms with Gasteiger partial charge in [0.1, 0.15) is 17.2 Å². The number of anilines is 1. The van der Waals surface area contributed by atoms with Crippen molar-refractivity contribution in [3.63, 3.8) is 0 Å². The number of aliphatic hydroxyl groups is 2. The number of fused-ring (bicyclic) bond motifs is 1. The van der Waals surface area contributed by atoms with Crippen LogP contribution in [0.4, 0.5) is 5.95 Å². The average Bonchev–Trinajstić information content (AvgIpc) is 3.88. The van der Waals surface area contributed by atoms with E-state index in [0.29, 0.717) is 51.4 Å². The molecule has 0 aromatic carbocycles. The lowest BCUT2D eigenvalue weighted by Crippen LogP contribution is -2.63. The molecule has 1 amide bonds. The van der Waals surface area contributed by atoms with Crippen molar-refractivity contribution in [3.8, 4) is 0 Å². The van der Waals surface area contributed by atoms with Gasteiger partial charge in [-0.25, -0.2) is 24.5 Å². The molecule has 0 radical (unpaired) electrons. The molecule has 6 rings (SSSR count). The number of imidazole rings is 1. The van der Waals surface area contributed by atoms with Gasteiger partial charge in [0.05, 0.1) is 56.6 Å². The van der Waals surface area contributed by atoms with Gasteiger partial charge in [0.2, 0.25) is 11.9 Å². The molecule has 2 aromatic rings. The van der Waals surface area contributed by atoms with Crippen LogP contribution >= 0.6 is 0 Å². The van der Waals surface area contributed by atoms with E-state index in [-0.39, 0.29) is 78.0 Å². The Morgan fingerprint density at radius 1 is 1.15 bits per heavy atom. The summed E-state index contributed by atoms with van der Waals surface area (Å²) >= 11 is 0. The Morgan fingerprint density at radius 2 is 1.86 bits per heavy atom. The van der Waals surface area contributed by atoms with Gasteiger partial charge < -0.3 is 45.4 Å². The minimum atomic E-state index is -0.893. The van der Waals surface area contributed by atoms with Gasteiger partial charge >= 0.3 is 11.9 Å². The van der Waals surface area contributed by atoms with Crippen molar-refractivity contribution >= 4 is 35.2 Å². The maximum Gasteiger partial charge on any atom is 0.342 e. The number of hydrogen-bond acceptors (Lipinski definition) is 15. The second-order valence-corrected chi connectivity index (χ2v) is 16.7. The third-order valence-electron chi connectivity index (χ3n) is 13.0. The van der Waals surface area contributed by atoms with Gasteiger partial charge in [-0.3, -0.25) is 14.9 Å². The van der Waals surface area contributed by atoms with Crippen LogP contribution < -0.4 is 16.4 Å². The van der Waals surface area contributed by atoms with Gasteiger partial charge in [-0.05, 0) is 69.8 Å². The van der Waals surface area contributed by atoms with E-state index in [1.54, 1.807) is 31.1 Å². The fourth-order valence-corrected chi connectivity index (χ4v) is 9.60. The number of amides is 1. The number of hydrogen-bond donors (Lipinski definition) is 6. The van der Waals surface area contributed by atoms with Crippen molar-refractivity contribution in [2.24, 2.45) is 22.7 Å². The van der Waals surface area contributed by atoms with Gasteiger partial charge in [0.15, 0.2) is 5.78 Å². The molecule has 0 spiro atoms. The number of carbonyl (C=O) groups is 4. The smallest absolute Gasteiger partial charge is 0.342 e. The summed E-state index contributed by atoms with van der Waals surface area (Å²) in [6, 6.07) is -2.60. The first-order chi connectivity index (χ1) is 28.1. The lowest BCUT2D eigenvalue weighted by atomic mass is 9.45. The summed E-state index contributed by atoms with van der Waals surface area (Å²) < 4.78 is 16.7. The summed E-state index contributed by atoms with van der Waals surface area (Å²) in [4.78, 5) is 71.9. The van der Waals surface area contributed by atoms with E-state index in [9.17, 15) is 29.4 Å². The summed E-state index contributed by atoms with van der Waals surface area (Å²) in [5.41, 5.74) is 5.40. The molecule has 2 aliphatic carbocycles. The van der Waals surface area contributed by atoms with Crippen molar-refractivity contribution in [1.29, 1.82) is 0 Å². The first kappa shape index (κ1) is 43.8. The van der Waals surface area contributed by atoms with E-state index < -0.39 is 53.0 Å². The number of esters is 2. The number of nitrogens with zero attached hydrogens (tertiary/aromatic N) is 4. The standard InChI is InChI=1S/C42H58N8O9/c1-7-58-39(56)36(26-20-46-40(43)47-21-26)32-16-27(38(55)59-32)30(48-24(3)31(52)19-35-44-10-11-45-35)17-28-23(2)29(49-25(4)37(54)50-12-14-57-15-13-50)18-33-41(28,5)9-8-34(53)42(33,6)22-51/h10-11,16,20-21,24-25,28-30,33-34,48-49,51,53H,2,7-9,12-15,17-19,22H2,1,3-6H3,(H,44,45)(H2,43,46,47)/b36-32-/t24?,25?,28?,29?,30?,33?,34-,41-,42+/m1/s1. The highest BCUT2D eigenvalue weighted by atomic mass is 16.6. The number of rotatable bonds is 15. The van der Waals surface area contributed by atoms with E-state index in [1.807, 2.05) is 13.8 Å². The monoisotopic (exact) mass is 818 g/mol. The molecule has 2 aliphatic heterocycles. The van der Waals surface area contributed by atoms with Crippen molar-refractivity contribution in [1.82, 2.24) is 35.5 Å². The van der Waals surface area contributed by atoms with Gasteiger partial charge in [-0.1, -0.05) is 26.0 Å². The average molecular weight is 819 g/mol. The van der Waals surface area contributed by atoms with Crippen LogP contribution in [0.25, 0.3) is 5.57 Å². The second-order valence-electron chi connectivity index (χ2n) is 16.7. The first-order valence-electron chi connectivity index (χ1n) is 20.4. The minimum absolute atomic E-state index is 0.0103. The highest BCUT2D eigenvalue weighted by Crippen LogP contribution is 2.62. The number of H-pyrrole nitrogens is 1. The molecule has 6 unspecified atom stereocenters. The van der Waals surface area contributed by atoms with E-state index in [2.05, 4.69) is 44.1 Å². The zero-order valence-corrected chi connectivity index (χ0v) is 34.5. The number of Topliss-reactive ketones (excluding diaryl/α,β-unsaturated/α-hetero) is 1. The topological polar surface area (TPSA) is 244 Å². The number of nitrogen functional groups attached to an aromatic ring is 1. The zero-order chi connectivity index (χ0) is 42.6. The molecule has 17 heteroatoms. The number of aromatic amines is 1. The molecule has 320 valence electrons. The van der Waals surface area contributed by atoms with Gasteiger partial charge in [-0.2, -0.15) is 0 Å².